The molecule has 86 valence electrons. The molecule has 0 saturated heterocycles. The predicted molar refractivity (Wildman–Crippen MR) is 61.1 cm³/mol. The van der Waals surface area contributed by atoms with E-state index in [1.165, 1.54) is 24.9 Å². The molecule has 0 aliphatic carbocycles. The van der Waals surface area contributed by atoms with Crippen molar-refractivity contribution in [2.75, 3.05) is 12.9 Å². The highest BCUT2D eigenvalue weighted by Crippen LogP contribution is 2.26. The van der Waals surface area contributed by atoms with Crippen molar-refractivity contribution in [3.8, 4) is 0 Å². The fourth-order valence-electron chi connectivity index (χ4n) is 1.30. The molecule has 0 bridgehead atoms. The van der Waals surface area contributed by atoms with Gasteiger partial charge in [0, 0.05) is 4.90 Å². The third kappa shape index (κ3) is 2.55. The maximum absolute atomic E-state index is 11.5. The van der Waals surface area contributed by atoms with Gasteiger partial charge < -0.3 is 9.84 Å². The number of carboxylic acid groups (broad SMARTS) is 1. The number of ether oxygens (including phenoxy) is 1. The number of rotatable bonds is 4. The summed E-state index contributed by atoms with van der Waals surface area (Å²) in [5.74, 6) is -0.986. The van der Waals surface area contributed by atoms with E-state index in [2.05, 4.69) is 4.74 Å². The van der Waals surface area contributed by atoms with Crippen molar-refractivity contribution >= 4 is 23.7 Å². The lowest BCUT2D eigenvalue weighted by atomic mass is 10.1. The number of carbonyl (C=O) groups is 2. The topological polar surface area (TPSA) is 63.6 Å². The van der Waals surface area contributed by atoms with Gasteiger partial charge in [0.15, 0.2) is 0 Å². The van der Waals surface area contributed by atoms with Crippen LogP contribution in [-0.4, -0.2) is 29.9 Å². The zero-order valence-corrected chi connectivity index (χ0v) is 9.84. The third-order valence-electron chi connectivity index (χ3n) is 1.95. The summed E-state index contributed by atoms with van der Waals surface area (Å²) in [6.45, 7) is 1.93. The first-order chi connectivity index (χ1) is 7.61. The summed E-state index contributed by atoms with van der Waals surface area (Å²) >= 11 is 1.41. The minimum Gasteiger partial charge on any atom is -0.478 e. The van der Waals surface area contributed by atoms with Gasteiger partial charge in [0.05, 0.1) is 18.2 Å². The first-order valence-electron chi connectivity index (χ1n) is 4.69. The molecule has 0 aliphatic rings. The summed E-state index contributed by atoms with van der Waals surface area (Å²) < 4.78 is 4.60. The van der Waals surface area contributed by atoms with E-state index in [4.69, 9.17) is 5.11 Å². The summed E-state index contributed by atoms with van der Waals surface area (Å²) in [6.07, 6.45) is 0. The van der Waals surface area contributed by atoms with E-state index >= 15 is 0 Å². The summed E-state index contributed by atoms with van der Waals surface area (Å²) in [4.78, 5) is 23.2. The van der Waals surface area contributed by atoms with Gasteiger partial charge in [0.2, 0.25) is 0 Å². The second kappa shape index (κ2) is 5.55. The second-order valence-corrected chi connectivity index (χ2v) is 4.21. The second-order valence-electron chi connectivity index (χ2n) is 2.91. The quantitative estimate of drug-likeness (QED) is 0.646. The van der Waals surface area contributed by atoms with Crippen molar-refractivity contribution in [3.63, 3.8) is 0 Å². The summed E-state index contributed by atoms with van der Waals surface area (Å²) in [5.41, 5.74) is 0.106. The molecule has 0 aliphatic heterocycles. The fraction of sp³-hybridized carbons (Fsp3) is 0.273. The molecule has 0 heterocycles. The Morgan fingerprint density at radius 2 is 2.12 bits per heavy atom. The van der Waals surface area contributed by atoms with E-state index < -0.39 is 11.9 Å². The Balaban J connectivity index is 3.34. The monoisotopic (exact) mass is 240 g/mol. The predicted octanol–water partition coefficient (Wildman–Crippen LogP) is 2.28. The summed E-state index contributed by atoms with van der Waals surface area (Å²) in [5, 5.41) is 8.99. The molecule has 1 rings (SSSR count). The molecule has 0 atom stereocenters. The number of esters is 1. The lowest BCUT2D eigenvalue weighted by molar-refractivity contribution is 0.0578. The van der Waals surface area contributed by atoms with Crippen molar-refractivity contribution in [1.29, 1.82) is 0 Å². The number of aromatic carboxylic acids is 1. The van der Waals surface area contributed by atoms with Gasteiger partial charge in [-0.15, -0.1) is 11.8 Å². The standard InChI is InChI=1S/C11H12O4S/c1-3-16-8-6-4-5-7(10(12)13)9(8)11(14)15-2/h4-6H,3H2,1-2H3,(H,12,13). The van der Waals surface area contributed by atoms with Crippen LogP contribution in [0.1, 0.15) is 27.6 Å². The number of carboxylic acids is 1. The maximum Gasteiger partial charge on any atom is 0.339 e. The van der Waals surface area contributed by atoms with Crippen LogP contribution in [-0.2, 0) is 4.74 Å². The Hall–Kier alpha value is -1.49. The molecule has 16 heavy (non-hydrogen) atoms. The van der Waals surface area contributed by atoms with Gasteiger partial charge in [-0.25, -0.2) is 9.59 Å². The molecular weight excluding hydrogens is 228 g/mol. The molecule has 0 aromatic heterocycles. The van der Waals surface area contributed by atoms with E-state index in [-0.39, 0.29) is 11.1 Å². The van der Waals surface area contributed by atoms with Crippen LogP contribution in [0.2, 0.25) is 0 Å². The van der Waals surface area contributed by atoms with Gasteiger partial charge in [-0.3, -0.25) is 0 Å². The molecule has 5 heteroatoms. The largest absolute Gasteiger partial charge is 0.478 e. The molecule has 1 aromatic carbocycles. The minimum atomic E-state index is -1.13. The van der Waals surface area contributed by atoms with Crippen molar-refractivity contribution in [2.45, 2.75) is 11.8 Å². The first-order valence-corrected chi connectivity index (χ1v) is 5.67. The molecule has 0 saturated carbocycles. The fourth-order valence-corrected chi connectivity index (χ4v) is 2.12. The maximum atomic E-state index is 11.5. The number of methoxy groups -OCH3 is 1. The van der Waals surface area contributed by atoms with Crippen LogP contribution in [0, 0.1) is 0 Å². The third-order valence-corrected chi connectivity index (χ3v) is 2.89. The lowest BCUT2D eigenvalue weighted by Gasteiger charge is -2.09. The van der Waals surface area contributed by atoms with Crippen LogP contribution in [0.15, 0.2) is 23.1 Å². The van der Waals surface area contributed by atoms with E-state index in [1.54, 1.807) is 12.1 Å². The van der Waals surface area contributed by atoms with E-state index in [9.17, 15) is 9.59 Å². The molecule has 4 nitrogen and oxygen atoms in total. The van der Waals surface area contributed by atoms with Gasteiger partial charge >= 0.3 is 11.9 Å². The van der Waals surface area contributed by atoms with Crippen LogP contribution >= 0.6 is 11.8 Å². The first kappa shape index (κ1) is 12.6. The van der Waals surface area contributed by atoms with E-state index in [0.29, 0.717) is 4.90 Å². The summed E-state index contributed by atoms with van der Waals surface area (Å²) in [7, 11) is 1.24. The molecule has 0 fully saturated rings. The number of hydrogen-bond acceptors (Lipinski definition) is 4. The van der Waals surface area contributed by atoms with Crippen LogP contribution in [0.3, 0.4) is 0 Å². The zero-order chi connectivity index (χ0) is 12.1. The Bertz CT molecular complexity index is 414. The normalized spacial score (nSPS) is 9.88. The zero-order valence-electron chi connectivity index (χ0n) is 9.02. The highest BCUT2D eigenvalue weighted by atomic mass is 32.2. The summed E-state index contributed by atoms with van der Waals surface area (Å²) in [6, 6.07) is 4.73. The number of carbonyl (C=O) groups excluding carboxylic acids is 1. The number of benzene rings is 1. The number of hydrogen-bond donors (Lipinski definition) is 1. The van der Waals surface area contributed by atoms with Crippen LogP contribution < -0.4 is 0 Å². The van der Waals surface area contributed by atoms with Crippen LogP contribution in [0.4, 0.5) is 0 Å². The Morgan fingerprint density at radius 3 is 2.62 bits per heavy atom. The average Bonchev–Trinajstić information content (AvgIpc) is 2.28. The van der Waals surface area contributed by atoms with Crippen LogP contribution in [0.5, 0.6) is 0 Å². The molecule has 1 aromatic rings. The SMILES string of the molecule is CCSc1cccc(C(=O)O)c1C(=O)OC. The molecular formula is C11H12O4S. The molecule has 0 radical (unpaired) electrons. The molecule has 1 N–H and O–H groups in total. The minimum absolute atomic E-state index is 0.0229. The smallest absolute Gasteiger partial charge is 0.339 e. The van der Waals surface area contributed by atoms with Crippen molar-refractivity contribution in [2.24, 2.45) is 0 Å². The van der Waals surface area contributed by atoms with Gasteiger partial charge in [-0.2, -0.15) is 0 Å². The highest BCUT2D eigenvalue weighted by Gasteiger charge is 2.20. The van der Waals surface area contributed by atoms with Gasteiger partial charge in [0.25, 0.3) is 0 Å². The van der Waals surface area contributed by atoms with E-state index in [0.717, 1.165) is 5.75 Å². The van der Waals surface area contributed by atoms with Gasteiger partial charge in [0.1, 0.15) is 0 Å². The Kier molecular flexibility index (Phi) is 4.37. The molecule has 0 unspecified atom stereocenters. The van der Waals surface area contributed by atoms with Crippen molar-refractivity contribution < 1.29 is 19.4 Å². The van der Waals surface area contributed by atoms with Gasteiger partial charge in [-0.05, 0) is 17.9 Å². The lowest BCUT2D eigenvalue weighted by Crippen LogP contribution is -2.11. The Labute approximate surface area is 97.6 Å². The average molecular weight is 240 g/mol. The van der Waals surface area contributed by atoms with Crippen LogP contribution in [0.25, 0.3) is 0 Å². The molecule has 0 spiro atoms. The van der Waals surface area contributed by atoms with Crippen molar-refractivity contribution in [3.05, 3.63) is 29.3 Å². The van der Waals surface area contributed by atoms with Gasteiger partial charge in [-0.1, -0.05) is 13.0 Å². The highest BCUT2D eigenvalue weighted by molar-refractivity contribution is 7.99. The molecule has 0 amide bonds. The van der Waals surface area contributed by atoms with E-state index in [1.807, 2.05) is 6.92 Å². The Morgan fingerprint density at radius 1 is 1.44 bits per heavy atom. The number of thioether (sulfide) groups is 1. The van der Waals surface area contributed by atoms with Crippen molar-refractivity contribution in [1.82, 2.24) is 0 Å².